The second kappa shape index (κ2) is 4.58. The van der Waals surface area contributed by atoms with Gasteiger partial charge in [0.1, 0.15) is 5.82 Å². The Morgan fingerprint density at radius 3 is 2.50 bits per heavy atom. The summed E-state index contributed by atoms with van der Waals surface area (Å²) in [6.07, 6.45) is 0. The van der Waals surface area contributed by atoms with Crippen LogP contribution in [-0.2, 0) is 5.41 Å². The number of nitrogens with zero attached hydrogens (tertiary/aromatic N) is 1. The van der Waals surface area contributed by atoms with Gasteiger partial charge in [0, 0.05) is 23.2 Å². The molecule has 0 aliphatic carbocycles. The van der Waals surface area contributed by atoms with Crippen LogP contribution >= 0.6 is 0 Å². The van der Waals surface area contributed by atoms with E-state index < -0.39 is 0 Å². The molecule has 0 atom stereocenters. The highest BCUT2D eigenvalue weighted by molar-refractivity contribution is 5.65. The molecule has 0 saturated heterocycles. The van der Waals surface area contributed by atoms with Crippen molar-refractivity contribution in [1.82, 2.24) is 9.97 Å². The Morgan fingerprint density at radius 1 is 1.22 bits per heavy atom. The van der Waals surface area contributed by atoms with E-state index >= 15 is 0 Å². The molecule has 0 saturated carbocycles. The third-order valence-electron chi connectivity index (χ3n) is 3.44. The smallest absolute Gasteiger partial charge is 0.113 e. The highest BCUT2D eigenvalue weighted by Gasteiger charge is 2.24. The van der Waals surface area contributed by atoms with Crippen LogP contribution in [0.15, 0.2) is 24.3 Å². The van der Waals surface area contributed by atoms with Crippen molar-refractivity contribution in [1.29, 1.82) is 0 Å². The number of nitrogens with one attached hydrogen (secondary N) is 1. The van der Waals surface area contributed by atoms with E-state index in [1.807, 2.05) is 12.1 Å². The maximum atomic E-state index is 5.81. The van der Waals surface area contributed by atoms with Gasteiger partial charge in [-0.1, -0.05) is 38.1 Å². The molecule has 1 aromatic carbocycles. The maximum absolute atomic E-state index is 5.81. The number of rotatable bonds is 3. The molecular weight excluding hydrogens is 222 g/mol. The molecule has 1 heterocycles. The third-order valence-corrected chi connectivity index (χ3v) is 3.44. The number of imidazole rings is 1. The molecule has 0 unspecified atom stereocenters. The van der Waals surface area contributed by atoms with Crippen molar-refractivity contribution in [2.75, 3.05) is 6.54 Å². The van der Waals surface area contributed by atoms with Gasteiger partial charge in [-0.2, -0.15) is 0 Å². The monoisotopic (exact) mass is 243 g/mol. The van der Waals surface area contributed by atoms with Crippen molar-refractivity contribution >= 4 is 0 Å². The first kappa shape index (κ1) is 12.8. The summed E-state index contributed by atoms with van der Waals surface area (Å²) in [5, 5.41) is 0. The first-order valence-electron chi connectivity index (χ1n) is 6.29. The molecular formula is C15H21N3. The van der Waals surface area contributed by atoms with Gasteiger partial charge in [0.25, 0.3) is 0 Å². The zero-order valence-corrected chi connectivity index (χ0v) is 11.5. The fourth-order valence-corrected chi connectivity index (χ4v) is 1.98. The van der Waals surface area contributed by atoms with E-state index in [9.17, 15) is 0 Å². The summed E-state index contributed by atoms with van der Waals surface area (Å²) in [7, 11) is 0. The van der Waals surface area contributed by atoms with Crippen LogP contribution in [0, 0.1) is 13.8 Å². The molecule has 0 radical (unpaired) electrons. The Morgan fingerprint density at radius 2 is 1.89 bits per heavy atom. The summed E-state index contributed by atoms with van der Waals surface area (Å²) < 4.78 is 0. The number of nitrogens with two attached hydrogens (primary N) is 1. The van der Waals surface area contributed by atoms with Crippen LogP contribution < -0.4 is 5.73 Å². The maximum Gasteiger partial charge on any atom is 0.113 e. The third kappa shape index (κ3) is 2.18. The zero-order chi connectivity index (χ0) is 13.3. The minimum absolute atomic E-state index is 0.119. The van der Waals surface area contributed by atoms with E-state index in [-0.39, 0.29) is 5.41 Å². The molecule has 3 N–H and O–H groups in total. The Labute approximate surface area is 108 Å². The largest absolute Gasteiger partial charge is 0.345 e. The van der Waals surface area contributed by atoms with Crippen LogP contribution in [0.1, 0.15) is 30.9 Å². The van der Waals surface area contributed by atoms with Crippen LogP contribution in [0.3, 0.4) is 0 Å². The SMILES string of the molecule is Cc1ccccc1-c1nc(C(C)(C)CN)[nH]c1C. The van der Waals surface area contributed by atoms with Crippen LogP contribution in [-0.4, -0.2) is 16.5 Å². The van der Waals surface area contributed by atoms with Gasteiger partial charge in [0.2, 0.25) is 0 Å². The van der Waals surface area contributed by atoms with Gasteiger partial charge in [-0.3, -0.25) is 0 Å². The molecule has 3 nitrogen and oxygen atoms in total. The molecule has 1 aromatic heterocycles. The molecule has 18 heavy (non-hydrogen) atoms. The second-order valence-corrected chi connectivity index (χ2v) is 5.46. The molecule has 2 aromatic rings. The summed E-state index contributed by atoms with van der Waals surface area (Å²) in [6.45, 7) is 8.95. The first-order chi connectivity index (χ1) is 8.45. The molecule has 0 amide bonds. The number of hydrogen-bond acceptors (Lipinski definition) is 2. The standard InChI is InChI=1S/C15H21N3/c1-10-7-5-6-8-12(10)13-11(2)17-14(18-13)15(3,4)9-16/h5-8H,9,16H2,1-4H3,(H,17,18). The predicted octanol–water partition coefficient (Wildman–Crippen LogP) is 2.93. The van der Waals surface area contributed by atoms with E-state index in [0.29, 0.717) is 6.54 Å². The molecule has 0 fully saturated rings. The van der Waals surface area contributed by atoms with E-state index in [1.54, 1.807) is 0 Å². The van der Waals surface area contributed by atoms with Crippen molar-refractivity contribution in [2.24, 2.45) is 5.73 Å². The number of H-pyrrole nitrogens is 1. The molecule has 2 rings (SSSR count). The number of aromatic nitrogens is 2. The fourth-order valence-electron chi connectivity index (χ4n) is 1.98. The lowest BCUT2D eigenvalue weighted by Gasteiger charge is -2.18. The van der Waals surface area contributed by atoms with Gasteiger partial charge in [0.15, 0.2) is 0 Å². The Kier molecular flexibility index (Phi) is 3.26. The van der Waals surface area contributed by atoms with Crippen LogP contribution in [0.4, 0.5) is 0 Å². The topological polar surface area (TPSA) is 54.7 Å². The van der Waals surface area contributed by atoms with Crippen molar-refractivity contribution in [3.05, 3.63) is 41.3 Å². The summed E-state index contributed by atoms with van der Waals surface area (Å²) in [4.78, 5) is 8.12. The van der Waals surface area contributed by atoms with Crippen LogP contribution in [0.2, 0.25) is 0 Å². The average Bonchev–Trinajstić information content (AvgIpc) is 2.73. The molecule has 0 aliphatic rings. The summed E-state index contributed by atoms with van der Waals surface area (Å²) in [5.41, 5.74) is 10.2. The lowest BCUT2D eigenvalue weighted by atomic mass is 9.93. The number of hydrogen-bond donors (Lipinski definition) is 2. The molecule has 0 spiro atoms. The van der Waals surface area contributed by atoms with Crippen molar-refractivity contribution in [3.63, 3.8) is 0 Å². The van der Waals surface area contributed by atoms with Gasteiger partial charge >= 0.3 is 0 Å². The number of benzene rings is 1. The summed E-state index contributed by atoms with van der Waals surface area (Å²) >= 11 is 0. The van der Waals surface area contributed by atoms with E-state index in [1.165, 1.54) is 11.1 Å². The quantitative estimate of drug-likeness (QED) is 0.870. The Balaban J connectivity index is 2.52. The number of aryl methyl sites for hydroxylation is 2. The lowest BCUT2D eigenvalue weighted by Crippen LogP contribution is -2.29. The zero-order valence-electron chi connectivity index (χ0n) is 11.5. The van der Waals surface area contributed by atoms with Crippen LogP contribution in [0.5, 0.6) is 0 Å². The highest BCUT2D eigenvalue weighted by atomic mass is 15.0. The minimum Gasteiger partial charge on any atom is -0.345 e. The first-order valence-corrected chi connectivity index (χ1v) is 6.29. The minimum atomic E-state index is -0.119. The fraction of sp³-hybridized carbons (Fsp3) is 0.400. The van der Waals surface area contributed by atoms with Crippen molar-refractivity contribution in [2.45, 2.75) is 33.1 Å². The normalized spacial score (nSPS) is 11.8. The van der Waals surface area contributed by atoms with Gasteiger partial charge in [-0.25, -0.2) is 4.98 Å². The Hall–Kier alpha value is -1.61. The predicted molar refractivity (Wildman–Crippen MR) is 75.6 cm³/mol. The lowest BCUT2D eigenvalue weighted by molar-refractivity contribution is 0.507. The van der Waals surface area contributed by atoms with Crippen molar-refractivity contribution < 1.29 is 0 Å². The van der Waals surface area contributed by atoms with E-state index in [2.05, 4.69) is 44.8 Å². The van der Waals surface area contributed by atoms with Crippen molar-refractivity contribution in [3.8, 4) is 11.3 Å². The summed E-state index contributed by atoms with van der Waals surface area (Å²) in [6, 6.07) is 8.31. The van der Waals surface area contributed by atoms with Gasteiger partial charge in [-0.15, -0.1) is 0 Å². The highest BCUT2D eigenvalue weighted by Crippen LogP contribution is 2.28. The van der Waals surface area contributed by atoms with E-state index in [0.717, 1.165) is 17.2 Å². The van der Waals surface area contributed by atoms with Gasteiger partial charge in [-0.05, 0) is 19.4 Å². The average molecular weight is 243 g/mol. The van der Waals surface area contributed by atoms with Gasteiger partial charge < -0.3 is 10.7 Å². The summed E-state index contributed by atoms with van der Waals surface area (Å²) in [5.74, 6) is 0.959. The number of aromatic amines is 1. The molecule has 96 valence electrons. The van der Waals surface area contributed by atoms with E-state index in [4.69, 9.17) is 10.7 Å². The van der Waals surface area contributed by atoms with Gasteiger partial charge in [0.05, 0.1) is 5.69 Å². The Bertz CT molecular complexity index is 553. The molecule has 0 aliphatic heterocycles. The molecule has 3 heteroatoms. The second-order valence-electron chi connectivity index (χ2n) is 5.46. The van der Waals surface area contributed by atoms with Crippen LogP contribution in [0.25, 0.3) is 11.3 Å². The molecule has 0 bridgehead atoms.